The molecule has 0 saturated heterocycles. The number of carboxylic acids is 1. The smallest absolute Gasteiger partial charge is 0.314 e. The summed E-state index contributed by atoms with van der Waals surface area (Å²) in [5.41, 5.74) is 0.333. The number of aliphatic carboxylic acids is 1. The molecule has 0 spiro atoms. The molecule has 0 aromatic heterocycles. The van der Waals surface area contributed by atoms with Gasteiger partial charge in [0.1, 0.15) is 0 Å². The van der Waals surface area contributed by atoms with E-state index in [4.69, 9.17) is 5.11 Å². The van der Waals surface area contributed by atoms with Gasteiger partial charge in [-0.05, 0) is 24.5 Å². The van der Waals surface area contributed by atoms with Crippen LogP contribution in [-0.4, -0.2) is 11.1 Å². The monoisotopic (exact) mass is 175 g/mol. The summed E-state index contributed by atoms with van der Waals surface area (Å²) in [5, 5.41) is 9.13. The number of carbonyl (C=O) groups is 1. The molecule has 1 aliphatic rings. The quantitative estimate of drug-likeness (QED) is 0.746. The van der Waals surface area contributed by atoms with Crippen molar-refractivity contribution >= 4 is 5.97 Å². The summed E-state index contributed by atoms with van der Waals surface area (Å²) >= 11 is 0. The maximum Gasteiger partial charge on any atom is 0.314 e. The van der Waals surface area contributed by atoms with E-state index in [-0.39, 0.29) is 0 Å². The highest BCUT2D eigenvalue weighted by atomic mass is 16.4. The molecule has 13 heavy (non-hydrogen) atoms. The molecule has 1 N–H and O–H groups in total. The number of benzene rings is 1. The van der Waals surface area contributed by atoms with E-state index in [0.29, 0.717) is 0 Å². The molecule has 0 amide bonds. The molecule has 2 nitrogen and oxygen atoms in total. The zero-order chi connectivity index (χ0) is 9.31. The minimum absolute atomic E-state index is 0.588. The molecule has 1 aromatic carbocycles. The molecular formula is C11H11O2. The van der Waals surface area contributed by atoms with E-state index in [9.17, 15) is 4.79 Å². The fraction of sp³-hybridized carbons (Fsp3) is 0.364. The molecule has 0 bridgehead atoms. The van der Waals surface area contributed by atoms with Crippen molar-refractivity contribution in [2.75, 3.05) is 0 Å². The zero-order valence-electron chi connectivity index (χ0n) is 7.29. The van der Waals surface area contributed by atoms with Crippen molar-refractivity contribution in [1.82, 2.24) is 0 Å². The lowest BCUT2D eigenvalue weighted by Gasteiger charge is -2.38. The molecule has 2 heteroatoms. The van der Waals surface area contributed by atoms with Gasteiger partial charge in [0.25, 0.3) is 0 Å². The summed E-state index contributed by atoms with van der Waals surface area (Å²) in [6.45, 7) is 0. The highest BCUT2D eigenvalue weighted by Gasteiger charge is 2.45. The van der Waals surface area contributed by atoms with E-state index in [1.165, 1.54) is 0 Å². The van der Waals surface area contributed by atoms with Gasteiger partial charge in [-0.25, -0.2) is 0 Å². The highest BCUT2D eigenvalue weighted by Crippen LogP contribution is 2.43. The molecule has 0 unspecified atom stereocenters. The van der Waals surface area contributed by atoms with Gasteiger partial charge in [0, 0.05) is 0 Å². The first-order chi connectivity index (χ1) is 6.26. The van der Waals surface area contributed by atoms with Crippen molar-refractivity contribution in [3.05, 3.63) is 35.9 Å². The lowest BCUT2D eigenvalue weighted by molar-refractivity contribution is -0.147. The second-order valence-corrected chi connectivity index (χ2v) is 3.53. The van der Waals surface area contributed by atoms with E-state index in [1.807, 2.05) is 12.1 Å². The first-order valence-electron chi connectivity index (χ1n) is 4.46. The highest BCUT2D eigenvalue weighted by molar-refractivity contribution is 5.82. The third kappa shape index (κ3) is 1.13. The number of carboxylic acid groups (broad SMARTS) is 1. The second-order valence-electron chi connectivity index (χ2n) is 3.53. The van der Waals surface area contributed by atoms with Crippen LogP contribution in [0.4, 0.5) is 0 Å². The molecule has 0 atom stereocenters. The van der Waals surface area contributed by atoms with Crippen LogP contribution in [0.3, 0.4) is 0 Å². The molecule has 2 rings (SSSR count). The molecule has 1 fully saturated rings. The Morgan fingerprint density at radius 3 is 2.38 bits per heavy atom. The summed E-state index contributed by atoms with van der Waals surface area (Å²) in [6.07, 6.45) is 2.56. The zero-order valence-corrected chi connectivity index (χ0v) is 7.29. The Kier molecular flexibility index (Phi) is 1.83. The standard InChI is InChI=1S/C11H11O2/c12-10(13)11(7-4-8-11)9-5-2-1-3-6-9/h2-3,5-6H,4,7-8H2,(H,12,13). The molecule has 67 valence electrons. The van der Waals surface area contributed by atoms with Crippen LogP contribution in [0.25, 0.3) is 0 Å². The van der Waals surface area contributed by atoms with Crippen LogP contribution in [0.2, 0.25) is 0 Å². The lowest BCUT2D eigenvalue weighted by Crippen LogP contribution is -2.42. The van der Waals surface area contributed by atoms with E-state index in [0.717, 1.165) is 24.8 Å². The average molecular weight is 175 g/mol. The summed E-state index contributed by atoms with van der Waals surface area (Å²) < 4.78 is 0. The van der Waals surface area contributed by atoms with Crippen molar-refractivity contribution in [2.45, 2.75) is 24.7 Å². The molecule has 1 radical (unpaired) electrons. The van der Waals surface area contributed by atoms with Crippen molar-refractivity contribution in [3.63, 3.8) is 0 Å². The van der Waals surface area contributed by atoms with Crippen molar-refractivity contribution in [1.29, 1.82) is 0 Å². The van der Waals surface area contributed by atoms with E-state index < -0.39 is 11.4 Å². The predicted molar refractivity (Wildman–Crippen MR) is 48.4 cm³/mol. The van der Waals surface area contributed by atoms with Gasteiger partial charge in [-0.15, -0.1) is 0 Å². The van der Waals surface area contributed by atoms with Gasteiger partial charge in [-0.1, -0.05) is 30.7 Å². The van der Waals surface area contributed by atoms with E-state index >= 15 is 0 Å². The van der Waals surface area contributed by atoms with Gasteiger partial charge >= 0.3 is 5.97 Å². The number of hydrogen-bond donors (Lipinski definition) is 1. The minimum Gasteiger partial charge on any atom is -0.481 e. The van der Waals surface area contributed by atoms with Crippen molar-refractivity contribution in [2.24, 2.45) is 0 Å². The first-order valence-corrected chi connectivity index (χ1v) is 4.46. The largest absolute Gasteiger partial charge is 0.481 e. The van der Waals surface area contributed by atoms with Crippen LogP contribution in [-0.2, 0) is 10.2 Å². The van der Waals surface area contributed by atoms with Crippen LogP contribution >= 0.6 is 0 Å². The molecule has 1 saturated carbocycles. The molecular weight excluding hydrogens is 164 g/mol. The first kappa shape index (κ1) is 8.30. The van der Waals surface area contributed by atoms with Gasteiger partial charge in [0.2, 0.25) is 0 Å². The topological polar surface area (TPSA) is 37.3 Å². The van der Waals surface area contributed by atoms with E-state index in [2.05, 4.69) is 6.07 Å². The summed E-state index contributed by atoms with van der Waals surface area (Å²) in [7, 11) is 0. The number of hydrogen-bond acceptors (Lipinski definition) is 1. The number of rotatable bonds is 2. The summed E-state index contributed by atoms with van der Waals surface area (Å²) in [6, 6.07) is 10.2. The SMILES string of the molecule is O=C(O)C1(c2cc[c]cc2)CCC1. The van der Waals surface area contributed by atoms with Crippen molar-refractivity contribution < 1.29 is 9.90 Å². The Morgan fingerprint density at radius 1 is 1.38 bits per heavy atom. The Bertz CT molecular complexity index is 312. The van der Waals surface area contributed by atoms with Crippen LogP contribution in [0.1, 0.15) is 24.8 Å². The molecule has 1 aromatic rings. The average Bonchev–Trinajstić information content (AvgIpc) is 2.03. The van der Waals surface area contributed by atoms with Gasteiger partial charge in [-0.2, -0.15) is 0 Å². The molecule has 0 heterocycles. The minimum atomic E-state index is -0.690. The maximum atomic E-state index is 11.1. The van der Waals surface area contributed by atoms with Crippen LogP contribution in [0.15, 0.2) is 24.3 Å². The Morgan fingerprint density at radius 2 is 2.00 bits per heavy atom. The third-order valence-corrected chi connectivity index (χ3v) is 2.89. The fourth-order valence-corrected chi connectivity index (χ4v) is 1.86. The van der Waals surface area contributed by atoms with Gasteiger partial charge in [-0.3, -0.25) is 4.79 Å². The predicted octanol–water partition coefficient (Wildman–Crippen LogP) is 1.99. The normalized spacial score (nSPS) is 19.1. The Hall–Kier alpha value is -1.31. The van der Waals surface area contributed by atoms with Crippen LogP contribution < -0.4 is 0 Å². The van der Waals surface area contributed by atoms with Gasteiger partial charge in [0.15, 0.2) is 0 Å². The molecule has 0 aliphatic heterocycles. The molecule has 1 aliphatic carbocycles. The van der Waals surface area contributed by atoms with Crippen molar-refractivity contribution in [3.8, 4) is 0 Å². The lowest BCUT2D eigenvalue weighted by atomic mass is 9.64. The van der Waals surface area contributed by atoms with E-state index in [1.54, 1.807) is 12.1 Å². The maximum absolute atomic E-state index is 11.1. The summed E-state index contributed by atoms with van der Waals surface area (Å²) in [5.74, 6) is -0.690. The summed E-state index contributed by atoms with van der Waals surface area (Å²) in [4.78, 5) is 11.1. The fourth-order valence-electron chi connectivity index (χ4n) is 1.86. The Balaban J connectivity index is 2.38. The second kappa shape index (κ2) is 2.87. The van der Waals surface area contributed by atoms with Gasteiger partial charge < -0.3 is 5.11 Å². The van der Waals surface area contributed by atoms with Crippen LogP contribution in [0, 0.1) is 6.07 Å². The van der Waals surface area contributed by atoms with Gasteiger partial charge in [0.05, 0.1) is 5.41 Å². The third-order valence-electron chi connectivity index (χ3n) is 2.89. The Labute approximate surface area is 77.2 Å². The van der Waals surface area contributed by atoms with Crippen LogP contribution in [0.5, 0.6) is 0 Å².